The SMILES string of the molecule is O=S(=O)(NCCc1ccc(-c2ccsc2)s1)c1cccnc1. The van der Waals surface area contributed by atoms with Crippen molar-refractivity contribution in [2.75, 3.05) is 6.54 Å². The molecule has 0 aliphatic heterocycles. The lowest BCUT2D eigenvalue weighted by molar-refractivity contribution is 0.581. The van der Waals surface area contributed by atoms with E-state index >= 15 is 0 Å². The summed E-state index contributed by atoms with van der Waals surface area (Å²) in [5.74, 6) is 0. The van der Waals surface area contributed by atoms with Gasteiger partial charge in [0, 0.05) is 34.3 Å². The Balaban J connectivity index is 1.60. The minimum absolute atomic E-state index is 0.195. The average Bonchev–Trinajstić information content (AvgIpc) is 3.19. The summed E-state index contributed by atoms with van der Waals surface area (Å²) in [5, 5.41) is 4.16. The zero-order valence-corrected chi connectivity index (χ0v) is 14.0. The summed E-state index contributed by atoms with van der Waals surface area (Å²) in [6.07, 6.45) is 3.58. The van der Waals surface area contributed by atoms with Crippen LogP contribution in [0, 0.1) is 0 Å². The Morgan fingerprint density at radius 3 is 2.82 bits per heavy atom. The van der Waals surface area contributed by atoms with Crippen molar-refractivity contribution < 1.29 is 8.42 Å². The van der Waals surface area contributed by atoms with Crippen molar-refractivity contribution in [3.8, 4) is 10.4 Å². The van der Waals surface area contributed by atoms with Gasteiger partial charge < -0.3 is 0 Å². The number of hydrogen-bond donors (Lipinski definition) is 1. The first kappa shape index (κ1) is 15.4. The minimum Gasteiger partial charge on any atom is -0.263 e. The molecule has 1 N–H and O–H groups in total. The predicted octanol–water partition coefficient (Wildman–Crippen LogP) is 3.39. The molecule has 0 bridgehead atoms. The molecule has 0 spiro atoms. The van der Waals surface area contributed by atoms with Gasteiger partial charge in [-0.1, -0.05) is 0 Å². The van der Waals surface area contributed by atoms with E-state index in [0.717, 1.165) is 4.88 Å². The second-order valence-corrected chi connectivity index (χ2v) is 8.33. The number of hydrogen-bond acceptors (Lipinski definition) is 5. The second-order valence-electron chi connectivity index (χ2n) is 4.61. The van der Waals surface area contributed by atoms with Gasteiger partial charge in [-0.25, -0.2) is 13.1 Å². The van der Waals surface area contributed by atoms with Gasteiger partial charge in [-0.15, -0.1) is 11.3 Å². The molecule has 0 unspecified atom stereocenters. The largest absolute Gasteiger partial charge is 0.263 e. The van der Waals surface area contributed by atoms with E-state index in [1.165, 1.54) is 22.7 Å². The first-order valence-electron chi connectivity index (χ1n) is 6.66. The summed E-state index contributed by atoms with van der Waals surface area (Å²) in [4.78, 5) is 6.40. The number of nitrogens with one attached hydrogen (secondary N) is 1. The Labute approximate surface area is 137 Å². The van der Waals surface area contributed by atoms with Crippen molar-refractivity contribution in [3.63, 3.8) is 0 Å². The van der Waals surface area contributed by atoms with Crippen molar-refractivity contribution in [3.05, 3.63) is 58.4 Å². The third kappa shape index (κ3) is 3.61. The van der Waals surface area contributed by atoms with Crippen LogP contribution in [0.3, 0.4) is 0 Å². The molecule has 3 aromatic heterocycles. The topological polar surface area (TPSA) is 59.1 Å². The van der Waals surface area contributed by atoms with E-state index in [1.807, 2.05) is 0 Å². The fraction of sp³-hybridized carbons (Fsp3) is 0.133. The third-order valence-electron chi connectivity index (χ3n) is 3.08. The fourth-order valence-electron chi connectivity index (χ4n) is 1.97. The molecular formula is C15H14N2O2S3. The molecule has 114 valence electrons. The normalized spacial score (nSPS) is 11.6. The lowest BCUT2D eigenvalue weighted by atomic mass is 10.3. The van der Waals surface area contributed by atoms with Crippen molar-refractivity contribution in [2.24, 2.45) is 0 Å². The van der Waals surface area contributed by atoms with Crippen LogP contribution in [0.25, 0.3) is 10.4 Å². The molecule has 3 heterocycles. The van der Waals surface area contributed by atoms with Gasteiger partial charge in [0.05, 0.1) is 0 Å². The number of thiophene rings is 2. The number of sulfonamides is 1. The molecule has 0 saturated carbocycles. The lowest BCUT2D eigenvalue weighted by Crippen LogP contribution is -2.25. The number of rotatable bonds is 6. The van der Waals surface area contributed by atoms with Gasteiger partial charge in [0.25, 0.3) is 0 Å². The maximum Gasteiger partial charge on any atom is 0.242 e. The third-order valence-corrected chi connectivity index (χ3v) is 6.40. The van der Waals surface area contributed by atoms with Crippen molar-refractivity contribution >= 4 is 32.7 Å². The molecule has 0 saturated heterocycles. The summed E-state index contributed by atoms with van der Waals surface area (Å²) in [6, 6.07) is 9.37. The molecule has 0 aliphatic carbocycles. The van der Waals surface area contributed by atoms with E-state index in [-0.39, 0.29) is 4.90 Å². The molecule has 3 aromatic rings. The zero-order valence-electron chi connectivity index (χ0n) is 11.6. The van der Waals surface area contributed by atoms with Crippen LogP contribution >= 0.6 is 22.7 Å². The molecule has 0 radical (unpaired) electrons. The smallest absolute Gasteiger partial charge is 0.242 e. The van der Waals surface area contributed by atoms with E-state index in [2.05, 4.69) is 38.7 Å². The summed E-state index contributed by atoms with van der Waals surface area (Å²) >= 11 is 3.37. The average molecular weight is 350 g/mol. The van der Waals surface area contributed by atoms with Crippen LogP contribution in [0.1, 0.15) is 4.88 Å². The Hall–Kier alpha value is -1.54. The van der Waals surface area contributed by atoms with Crippen LogP contribution in [0.2, 0.25) is 0 Å². The van der Waals surface area contributed by atoms with E-state index in [1.54, 1.807) is 34.9 Å². The molecule has 0 aliphatic rings. The second kappa shape index (κ2) is 6.70. The molecular weight excluding hydrogens is 336 g/mol. The van der Waals surface area contributed by atoms with Gasteiger partial charge in [0.1, 0.15) is 4.90 Å². The molecule has 7 heteroatoms. The Kier molecular flexibility index (Phi) is 4.68. The van der Waals surface area contributed by atoms with Crippen LogP contribution in [0.5, 0.6) is 0 Å². The first-order valence-corrected chi connectivity index (χ1v) is 9.90. The highest BCUT2D eigenvalue weighted by Crippen LogP contribution is 2.29. The van der Waals surface area contributed by atoms with Gasteiger partial charge in [-0.2, -0.15) is 11.3 Å². The van der Waals surface area contributed by atoms with E-state index in [9.17, 15) is 8.42 Å². The minimum atomic E-state index is -3.47. The van der Waals surface area contributed by atoms with Crippen LogP contribution in [0.4, 0.5) is 0 Å². The van der Waals surface area contributed by atoms with E-state index in [0.29, 0.717) is 13.0 Å². The number of aromatic nitrogens is 1. The van der Waals surface area contributed by atoms with E-state index < -0.39 is 10.0 Å². The van der Waals surface area contributed by atoms with Gasteiger partial charge in [0.2, 0.25) is 10.0 Å². The molecule has 0 aromatic carbocycles. The van der Waals surface area contributed by atoms with Gasteiger partial charge >= 0.3 is 0 Å². The van der Waals surface area contributed by atoms with Gasteiger partial charge in [0.15, 0.2) is 0 Å². The highest BCUT2D eigenvalue weighted by molar-refractivity contribution is 7.89. The summed E-state index contributed by atoms with van der Waals surface area (Å²) < 4.78 is 26.7. The van der Waals surface area contributed by atoms with Gasteiger partial charge in [-0.05, 0) is 47.5 Å². The lowest BCUT2D eigenvalue weighted by Gasteiger charge is -2.05. The Bertz CT molecular complexity index is 825. The van der Waals surface area contributed by atoms with Crippen LogP contribution in [-0.2, 0) is 16.4 Å². The van der Waals surface area contributed by atoms with E-state index in [4.69, 9.17) is 0 Å². The maximum atomic E-state index is 12.1. The molecule has 3 rings (SSSR count). The predicted molar refractivity (Wildman–Crippen MR) is 90.8 cm³/mol. The number of nitrogens with zero attached hydrogens (tertiary/aromatic N) is 1. The highest BCUT2D eigenvalue weighted by Gasteiger charge is 2.13. The molecule has 22 heavy (non-hydrogen) atoms. The first-order chi connectivity index (χ1) is 10.6. The van der Waals surface area contributed by atoms with Crippen LogP contribution in [-0.4, -0.2) is 19.9 Å². The summed E-state index contributed by atoms with van der Waals surface area (Å²) in [5.41, 5.74) is 1.22. The highest BCUT2D eigenvalue weighted by atomic mass is 32.2. The van der Waals surface area contributed by atoms with Crippen molar-refractivity contribution in [1.29, 1.82) is 0 Å². The summed E-state index contributed by atoms with van der Waals surface area (Å²) in [6.45, 7) is 0.376. The van der Waals surface area contributed by atoms with Crippen molar-refractivity contribution in [2.45, 2.75) is 11.3 Å². The van der Waals surface area contributed by atoms with Crippen LogP contribution in [0.15, 0.2) is 58.4 Å². The monoisotopic (exact) mass is 350 g/mol. The maximum absolute atomic E-state index is 12.1. The molecule has 0 amide bonds. The Morgan fingerprint density at radius 1 is 1.18 bits per heavy atom. The van der Waals surface area contributed by atoms with Crippen LogP contribution < -0.4 is 4.72 Å². The number of pyridine rings is 1. The van der Waals surface area contributed by atoms with Crippen molar-refractivity contribution in [1.82, 2.24) is 9.71 Å². The standard InChI is InChI=1S/C15H14N2O2S3/c18-22(19,14-2-1-7-16-10-14)17-8-5-13-3-4-15(21-13)12-6-9-20-11-12/h1-4,6-7,9-11,17H,5,8H2. The summed E-state index contributed by atoms with van der Waals surface area (Å²) in [7, 11) is -3.47. The Morgan fingerprint density at radius 2 is 2.09 bits per heavy atom. The zero-order chi connectivity index (χ0) is 15.4. The van der Waals surface area contributed by atoms with Gasteiger partial charge in [-0.3, -0.25) is 4.98 Å². The molecule has 4 nitrogen and oxygen atoms in total. The molecule has 0 fully saturated rings. The fourth-order valence-corrected chi connectivity index (χ4v) is 4.70. The molecule has 0 atom stereocenters. The quantitative estimate of drug-likeness (QED) is 0.741.